The summed E-state index contributed by atoms with van der Waals surface area (Å²) < 4.78 is 0. The Kier molecular flexibility index (Phi) is 3.56. The van der Waals surface area contributed by atoms with E-state index in [0.717, 1.165) is 49.6 Å². The molecule has 5 heteroatoms. The lowest BCUT2D eigenvalue weighted by Gasteiger charge is -2.14. The smallest absolute Gasteiger partial charge is 0.235 e. The minimum absolute atomic E-state index is 0.444. The molecule has 0 aromatic heterocycles. The standard InChI is InChI=1S/C20H15N3O2/c21-22-11-9-13-1-3-15-6-8-18-14(10-12-23(24)25)2-4-16-5-7-17(13)19(15)20(16)18/h1-12,22H,21H2/b11-9+,12-10+. The molecule has 0 radical (unpaired) electrons. The largest absolute Gasteiger partial charge is 0.331 e. The monoisotopic (exact) mass is 329 g/mol. The molecule has 0 unspecified atom stereocenters. The van der Waals surface area contributed by atoms with Crippen LogP contribution in [-0.2, 0) is 0 Å². The summed E-state index contributed by atoms with van der Waals surface area (Å²) in [5, 5.41) is 17.3. The number of rotatable bonds is 4. The summed E-state index contributed by atoms with van der Waals surface area (Å²) in [5.74, 6) is 5.34. The zero-order valence-electron chi connectivity index (χ0n) is 13.3. The maximum absolute atomic E-state index is 10.7. The van der Waals surface area contributed by atoms with Crippen LogP contribution < -0.4 is 11.3 Å². The molecule has 0 saturated heterocycles. The van der Waals surface area contributed by atoms with E-state index in [1.807, 2.05) is 24.3 Å². The molecule has 122 valence electrons. The van der Waals surface area contributed by atoms with Gasteiger partial charge >= 0.3 is 0 Å². The average Bonchev–Trinajstić information content (AvgIpc) is 2.63. The van der Waals surface area contributed by atoms with Crippen LogP contribution in [-0.4, -0.2) is 4.92 Å². The number of hydrazine groups is 1. The number of nitrogens with zero attached hydrogens (tertiary/aromatic N) is 1. The van der Waals surface area contributed by atoms with E-state index >= 15 is 0 Å². The Hall–Kier alpha value is -3.44. The Labute approximate surface area is 143 Å². The highest BCUT2D eigenvalue weighted by Gasteiger charge is 2.11. The van der Waals surface area contributed by atoms with Crippen LogP contribution in [0.5, 0.6) is 0 Å². The first-order valence-corrected chi connectivity index (χ1v) is 7.84. The van der Waals surface area contributed by atoms with Gasteiger partial charge in [0, 0.05) is 12.3 Å². The summed E-state index contributed by atoms with van der Waals surface area (Å²) >= 11 is 0. The van der Waals surface area contributed by atoms with Crippen LogP contribution in [0.25, 0.3) is 44.5 Å². The van der Waals surface area contributed by atoms with Crippen LogP contribution in [0.15, 0.2) is 60.9 Å². The molecule has 0 amide bonds. The molecule has 0 atom stereocenters. The predicted molar refractivity (Wildman–Crippen MR) is 103 cm³/mol. The highest BCUT2D eigenvalue weighted by Crippen LogP contribution is 2.37. The Morgan fingerprint density at radius 3 is 1.88 bits per heavy atom. The van der Waals surface area contributed by atoms with Crippen LogP contribution in [0, 0.1) is 10.1 Å². The molecule has 0 aliphatic rings. The van der Waals surface area contributed by atoms with Gasteiger partial charge in [-0.25, -0.2) is 0 Å². The van der Waals surface area contributed by atoms with Crippen molar-refractivity contribution in [1.82, 2.24) is 5.43 Å². The molecule has 0 bridgehead atoms. The summed E-state index contributed by atoms with van der Waals surface area (Å²) in [7, 11) is 0. The summed E-state index contributed by atoms with van der Waals surface area (Å²) in [6, 6.07) is 16.3. The topological polar surface area (TPSA) is 81.2 Å². The average molecular weight is 329 g/mol. The van der Waals surface area contributed by atoms with Crippen molar-refractivity contribution in [1.29, 1.82) is 0 Å². The van der Waals surface area contributed by atoms with E-state index in [9.17, 15) is 10.1 Å². The number of nitrogens with one attached hydrogen (secondary N) is 1. The summed E-state index contributed by atoms with van der Waals surface area (Å²) in [5.41, 5.74) is 4.42. The van der Waals surface area contributed by atoms with E-state index in [-0.39, 0.29) is 0 Å². The van der Waals surface area contributed by atoms with Crippen molar-refractivity contribution in [3.8, 4) is 0 Å². The summed E-state index contributed by atoms with van der Waals surface area (Å²) in [4.78, 5) is 10.2. The number of nitrogens with two attached hydrogens (primary N) is 1. The van der Waals surface area contributed by atoms with E-state index in [0.29, 0.717) is 0 Å². The molecule has 0 spiro atoms. The van der Waals surface area contributed by atoms with Crippen molar-refractivity contribution >= 4 is 44.5 Å². The molecule has 4 rings (SSSR count). The second-order valence-corrected chi connectivity index (χ2v) is 5.83. The molecule has 3 N–H and O–H groups in total. The fourth-order valence-electron chi connectivity index (χ4n) is 3.42. The van der Waals surface area contributed by atoms with Crippen LogP contribution in [0.2, 0.25) is 0 Å². The molecule has 4 aromatic carbocycles. The van der Waals surface area contributed by atoms with Gasteiger partial charge in [-0.05, 0) is 49.5 Å². The van der Waals surface area contributed by atoms with Gasteiger partial charge in [0.2, 0.25) is 6.20 Å². The number of hydrogen-bond acceptors (Lipinski definition) is 4. The van der Waals surface area contributed by atoms with Gasteiger partial charge in [-0.2, -0.15) is 0 Å². The molecule has 0 heterocycles. The number of hydrogen-bond donors (Lipinski definition) is 2. The van der Waals surface area contributed by atoms with E-state index in [1.165, 1.54) is 0 Å². The Bertz CT molecular complexity index is 1160. The zero-order chi connectivity index (χ0) is 17.4. The van der Waals surface area contributed by atoms with Crippen molar-refractivity contribution in [2.45, 2.75) is 0 Å². The van der Waals surface area contributed by atoms with Gasteiger partial charge in [0.1, 0.15) is 0 Å². The van der Waals surface area contributed by atoms with Gasteiger partial charge in [0.05, 0.1) is 4.92 Å². The SMILES string of the molecule is NN/C=C/c1ccc2ccc3c(/C=C/[N+](=O)[O-])ccc4ccc1c2c43. The van der Waals surface area contributed by atoms with Crippen molar-refractivity contribution < 1.29 is 4.92 Å². The second kappa shape index (κ2) is 5.89. The van der Waals surface area contributed by atoms with Crippen LogP contribution in [0.4, 0.5) is 0 Å². The lowest BCUT2D eigenvalue weighted by atomic mass is 9.90. The van der Waals surface area contributed by atoms with Crippen molar-refractivity contribution in [2.24, 2.45) is 5.84 Å². The molecular formula is C20H15N3O2. The fraction of sp³-hybridized carbons (Fsp3) is 0. The third kappa shape index (κ3) is 2.47. The van der Waals surface area contributed by atoms with Crippen LogP contribution in [0.1, 0.15) is 11.1 Å². The Morgan fingerprint density at radius 1 is 0.840 bits per heavy atom. The summed E-state index contributed by atoms with van der Waals surface area (Å²) in [6.07, 6.45) is 6.15. The lowest BCUT2D eigenvalue weighted by molar-refractivity contribution is -0.400. The lowest BCUT2D eigenvalue weighted by Crippen LogP contribution is -2.12. The molecule has 25 heavy (non-hydrogen) atoms. The second-order valence-electron chi connectivity index (χ2n) is 5.83. The highest BCUT2D eigenvalue weighted by atomic mass is 16.6. The molecule has 0 saturated carbocycles. The molecule has 0 aliphatic carbocycles. The minimum atomic E-state index is -0.444. The van der Waals surface area contributed by atoms with E-state index in [2.05, 4.69) is 35.8 Å². The molecule has 5 nitrogen and oxygen atoms in total. The first kappa shape index (κ1) is 15.1. The third-order valence-electron chi connectivity index (χ3n) is 4.47. The first-order valence-electron chi connectivity index (χ1n) is 7.84. The predicted octanol–water partition coefficient (Wildman–Crippen LogP) is 4.27. The zero-order valence-corrected chi connectivity index (χ0v) is 13.3. The maximum atomic E-state index is 10.7. The molecular weight excluding hydrogens is 314 g/mol. The van der Waals surface area contributed by atoms with Crippen molar-refractivity contribution in [3.05, 3.63) is 82.2 Å². The van der Waals surface area contributed by atoms with Crippen molar-refractivity contribution in [3.63, 3.8) is 0 Å². The van der Waals surface area contributed by atoms with Gasteiger partial charge in [0.15, 0.2) is 0 Å². The van der Waals surface area contributed by atoms with Gasteiger partial charge in [-0.15, -0.1) is 0 Å². The maximum Gasteiger partial charge on any atom is 0.235 e. The number of benzene rings is 4. The Morgan fingerprint density at radius 2 is 1.36 bits per heavy atom. The van der Waals surface area contributed by atoms with Crippen LogP contribution in [0.3, 0.4) is 0 Å². The van der Waals surface area contributed by atoms with Gasteiger partial charge in [-0.3, -0.25) is 16.0 Å². The molecule has 4 aromatic rings. The highest BCUT2D eigenvalue weighted by molar-refractivity contribution is 6.25. The van der Waals surface area contributed by atoms with Crippen molar-refractivity contribution in [2.75, 3.05) is 0 Å². The van der Waals surface area contributed by atoms with Gasteiger partial charge < -0.3 is 5.43 Å². The van der Waals surface area contributed by atoms with E-state index in [1.54, 1.807) is 12.3 Å². The Balaban J connectivity index is 2.10. The molecule has 0 fully saturated rings. The van der Waals surface area contributed by atoms with Crippen LogP contribution >= 0.6 is 0 Å². The molecule has 0 aliphatic heterocycles. The quantitative estimate of drug-likeness (QED) is 0.254. The minimum Gasteiger partial charge on any atom is -0.331 e. The fourth-order valence-corrected chi connectivity index (χ4v) is 3.42. The first-order chi connectivity index (χ1) is 12.2. The van der Waals surface area contributed by atoms with Gasteiger partial charge in [0.25, 0.3) is 0 Å². The summed E-state index contributed by atoms with van der Waals surface area (Å²) in [6.45, 7) is 0. The normalized spacial score (nSPS) is 12.2. The third-order valence-corrected chi connectivity index (χ3v) is 4.47. The van der Waals surface area contributed by atoms with Gasteiger partial charge in [-0.1, -0.05) is 48.5 Å². The van der Waals surface area contributed by atoms with E-state index < -0.39 is 4.92 Å². The number of nitro groups is 1. The van der Waals surface area contributed by atoms with E-state index in [4.69, 9.17) is 5.84 Å².